The summed E-state index contributed by atoms with van der Waals surface area (Å²) < 4.78 is 0. The average molecular weight is 263 g/mol. The van der Waals surface area contributed by atoms with Crippen LogP contribution in [0.5, 0.6) is 5.75 Å². The van der Waals surface area contributed by atoms with Gasteiger partial charge in [-0.25, -0.2) is 0 Å². The molecule has 18 heavy (non-hydrogen) atoms. The standard InChI is InChI=1S/C15H15ClO2/c1-2-15(18,11-3-7-13(16)8-4-11)12-5-9-14(17)10-6-12/h3-10,17-18H,2H2,1H3. The van der Waals surface area contributed by atoms with Crippen LogP contribution in [0.3, 0.4) is 0 Å². The van der Waals surface area contributed by atoms with Gasteiger partial charge in [0.15, 0.2) is 0 Å². The number of phenolic OH excluding ortho intramolecular Hbond substituents is 1. The molecule has 2 nitrogen and oxygen atoms in total. The Bertz CT molecular complexity index is 472. The van der Waals surface area contributed by atoms with Gasteiger partial charge in [0.05, 0.1) is 0 Å². The van der Waals surface area contributed by atoms with Crippen LogP contribution < -0.4 is 0 Å². The van der Waals surface area contributed by atoms with Crippen molar-refractivity contribution >= 4 is 11.6 Å². The molecule has 2 aromatic carbocycles. The lowest BCUT2D eigenvalue weighted by atomic mass is 9.84. The number of aromatic hydroxyl groups is 1. The third-order valence-corrected chi connectivity index (χ3v) is 3.43. The van der Waals surface area contributed by atoms with Crippen LogP contribution >= 0.6 is 11.6 Å². The van der Waals surface area contributed by atoms with Crippen molar-refractivity contribution in [3.63, 3.8) is 0 Å². The molecule has 2 aromatic rings. The zero-order chi connectivity index (χ0) is 13.2. The summed E-state index contributed by atoms with van der Waals surface area (Å²) in [6.45, 7) is 1.92. The molecular formula is C15H15ClO2. The van der Waals surface area contributed by atoms with Crippen LogP contribution in [0.4, 0.5) is 0 Å². The van der Waals surface area contributed by atoms with Gasteiger partial charge in [-0.2, -0.15) is 0 Å². The Balaban J connectivity index is 2.47. The van der Waals surface area contributed by atoms with Gasteiger partial charge in [0, 0.05) is 5.02 Å². The highest BCUT2D eigenvalue weighted by Gasteiger charge is 2.29. The normalized spacial score (nSPS) is 14.2. The van der Waals surface area contributed by atoms with Crippen LogP contribution in [0.2, 0.25) is 5.02 Å². The van der Waals surface area contributed by atoms with Crippen molar-refractivity contribution in [1.29, 1.82) is 0 Å². The minimum Gasteiger partial charge on any atom is -0.508 e. The van der Waals surface area contributed by atoms with E-state index in [2.05, 4.69) is 0 Å². The predicted molar refractivity (Wildman–Crippen MR) is 72.8 cm³/mol. The summed E-state index contributed by atoms with van der Waals surface area (Å²) in [6, 6.07) is 13.8. The van der Waals surface area contributed by atoms with E-state index < -0.39 is 5.60 Å². The first-order valence-electron chi connectivity index (χ1n) is 5.84. The number of aliphatic hydroxyl groups is 1. The maximum atomic E-state index is 10.8. The SMILES string of the molecule is CCC(O)(c1ccc(O)cc1)c1ccc(Cl)cc1. The van der Waals surface area contributed by atoms with Crippen LogP contribution in [0, 0.1) is 0 Å². The fourth-order valence-corrected chi connectivity index (χ4v) is 2.16. The van der Waals surface area contributed by atoms with E-state index in [4.69, 9.17) is 11.6 Å². The van der Waals surface area contributed by atoms with E-state index >= 15 is 0 Å². The molecule has 1 unspecified atom stereocenters. The van der Waals surface area contributed by atoms with Crippen molar-refractivity contribution in [1.82, 2.24) is 0 Å². The molecule has 0 saturated heterocycles. The molecule has 0 aliphatic carbocycles. The minimum atomic E-state index is -1.06. The summed E-state index contributed by atoms with van der Waals surface area (Å²) in [7, 11) is 0. The molecule has 0 aromatic heterocycles. The molecule has 1 atom stereocenters. The lowest BCUT2D eigenvalue weighted by Crippen LogP contribution is -2.26. The smallest absolute Gasteiger partial charge is 0.115 e. The molecular weight excluding hydrogens is 248 g/mol. The second-order valence-electron chi connectivity index (χ2n) is 4.27. The first-order valence-corrected chi connectivity index (χ1v) is 6.22. The molecule has 0 saturated carbocycles. The summed E-state index contributed by atoms with van der Waals surface area (Å²) in [5, 5.41) is 20.8. The summed E-state index contributed by atoms with van der Waals surface area (Å²) >= 11 is 5.86. The fourth-order valence-electron chi connectivity index (χ4n) is 2.04. The number of halogens is 1. The zero-order valence-corrected chi connectivity index (χ0v) is 10.9. The molecule has 0 aliphatic heterocycles. The first-order chi connectivity index (χ1) is 8.56. The zero-order valence-electron chi connectivity index (χ0n) is 10.1. The van der Waals surface area contributed by atoms with E-state index in [9.17, 15) is 10.2 Å². The molecule has 0 spiro atoms. The highest BCUT2D eigenvalue weighted by Crippen LogP contribution is 2.34. The highest BCUT2D eigenvalue weighted by molar-refractivity contribution is 6.30. The van der Waals surface area contributed by atoms with E-state index in [1.54, 1.807) is 36.4 Å². The molecule has 0 bridgehead atoms. The van der Waals surface area contributed by atoms with E-state index in [1.807, 2.05) is 19.1 Å². The van der Waals surface area contributed by atoms with Crippen molar-refractivity contribution in [2.45, 2.75) is 18.9 Å². The van der Waals surface area contributed by atoms with Gasteiger partial charge in [0.1, 0.15) is 11.4 Å². The second-order valence-corrected chi connectivity index (χ2v) is 4.70. The van der Waals surface area contributed by atoms with Crippen molar-refractivity contribution in [2.24, 2.45) is 0 Å². The highest BCUT2D eigenvalue weighted by atomic mass is 35.5. The summed E-state index contributed by atoms with van der Waals surface area (Å²) in [5.41, 5.74) is 0.489. The Kier molecular flexibility index (Phi) is 3.60. The number of hydrogen-bond acceptors (Lipinski definition) is 2. The molecule has 0 fully saturated rings. The molecule has 3 heteroatoms. The van der Waals surface area contributed by atoms with E-state index in [0.29, 0.717) is 11.4 Å². The van der Waals surface area contributed by atoms with Gasteiger partial charge in [-0.05, 0) is 41.8 Å². The monoisotopic (exact) mass is 262 g/mol. The largest absolute Gasteiger partial charge is 0.508 e. The van der Waals surface area contributed by atoms with Crippen molar-refractivity contribution in [3.05, 3.63) is 64.7 Å². The summed E-state index contributed by atoms with van der Waals surface area (Å²) in [5.74, 6) is 0.188. The lowest BCUT2D eigenvalue weighted by Gasteiger charge is -2.28. The lowest BCUT2D eigenvalue weighted by molar-refractivity contribution is 0.0765. The number of phenols is 1. The van der Waals surface area contributed by atoms with Gasteiger partial charge >= 0.3 is 0 Å². The third kappa shape index (κ3) is 2.35. The Morgan fingerprint density at radius 3 is 1.83 bits per heavy atom. The Hall–Kier alpha value is -1.51. The van der Waals surface area contributed by atoms with Crippen LogP contribution in [0.1, 0.15) is 24.5 Å². The van der Waals surface area contributed by atoms with E-state index in [0.717, 1.165) is 11.1 Å². The third-order valence-electron chi connectivity index (χ3n) is 3.18. The maximum absolute atomic E-state index is 10.8. The summed E-state index contributed by atoms with van der Waals surface area (Å²) in [4.78, 5) is 0. The van der Waals surface area contributed by atoms with Crippen LogP contribution in [0.25, 0.3) is 0 Å². The molecule has 94 valence electrons. The molecule has 0 aliphatic rings. The Morgan fingerprint density at radius 2 is 1.39 bits per heavy atom. The topological polar surface area (TPSA) is 40.5 Å². The van der Waals surface area contributed by atoms with Crippen LogP contribution in [-0.2, 0) is 5.60 Å². The summed E-state index contributed by atoms with van der Waals surface area (Å²) in [6.07, 6.45) is 0.541. The van der Waals surface area contributed by atoms with Crippen molar-refractivity contribution in [3.8, 4) is 5.75 Å². The second kappa shape index (κ2) is 5.01. The van der Waals surface area contributed by atoms with Crippen molar-refractivity contribution in [2.75, 3.05) is 0 Å². The van der Waals surface area contributed by atoms with Crippen molar-refractivity contribution < 1.29 is 10.2 Å². The number of rotatable bonds is 3. The maximum Gasteiger partial charge on any atom is 0.115 e. The van der Waals surface area contributed by atoms with Gasteiger partial charge in [0.2, 0.25) is 0 Å². The van der Waals surface area contributed by atoms with Crippen LogP contribution in [-0.4, -0.2) is 10.2 Å². The number of benzene rings is 2. The molecule has 0 radical (unpaired) electrons. The van der Waals surface area contributed by atoms with Gasteiger partial charge in [-0.15, -0.1) is 0 Å². The molecule has 2 rings (SSSR count). The van der Waals surface area contributed by atoms with E-state index in [1.165, 1.54) is 0 Å². The van der Waals surface area contributed by atoms with Gasteiger partial charge in [-0.1, -0.05) is 42.8 Å². The molecule has 2 N–H and O–H groups in total. The molecule has 0 heterocycles. The van der Waals surface area contributed by atoms with Crippen LogP contribution in [0.15, 0.2) is 48.5 Å². The predicted octanol–water partition coefficient (Wildman–Crippen LogP) is 3.69. The number of hydrogen-bond donors (Lipinski definition) is 2. The van der Waals surface area contributed by atoms with Gasteiger partial charge < -0.3 is 10.2 Å². The average Bonchev–Trinajstić information content (AvgIpc) is 2.39. The van der Waals surface area contributed by atoms with E-state index in [-0.39, 0.29) is 5.75 Å². The van der Waals surface area contributed by atoms with Gasteiger partial charge in [-0.3, -0.25) is 0 Å². The minimum absolute atomic E-state index is 0.188. The van der Waals surface area contributed by atoms with Gasteiger partial charge in [0.25, 0.3) is 0 Å². The Labute approximate surface area is 111 Å². The quantitative estimate of drug-likeness (QED) is 0.886. The Morgan fingerprint density at radius 1 is 0.944 bits per heavy atom. The first kappa shape index (κ1) is 12.9. The molecule has 0 amide bonds. The fraction of sp³-hybridized carbons (Fsp3) is 0.200.